The number of aromatic nitrogens is 2. The van der Waals surface area contributed by atoms with Gasteiger partial charge in [0.25, 0.3) is 5.56 Å². The molecule has 3 rings (SSSR count). The van der Waals surface area contributed by atoms with Crippen molar-refractivity contribution >= 4 is 0 Å². The summed E-state index contributed by atoms with van der Waals surface area (Å²) in [5.41, 5.74) is -0.259. The SMILES string of the molecule is CC(C)C(OCc1cn([C@@H]2O[C@H](CO)[C@@H](O)[C@H]2O)c(=O)[nH]c1=O)c1ccccc1. The van der Waals surface area contributed by atoms with Gasteiger partial charge in [0.1, 0.15) is 18.3 Å². The van der Waals surface area contributed by atoms with E-state index < -0.39 is 42.4 Å². The van der Waals surface area contributed by atoms with Crippen LogP contribution < -0.4 is 11.2 Å². The molecule has 0 amide bonds. The van der Waals surface area contributed by atoms with Crippen molar-refractivity contribution in [2.45, 2.75) is 51.1 Å². The average molecular weight is 406 g/mol. The maximum absolute atomic E-state index is 12.3. The molecule has 9 nitrogen and oxygen atoms in total. The summed E-state index contributed by atoms with van der Waals surface area (Å²) in [5, 5.41) is 29.3. The van der Waals surface area contributed by atoms with Crippen molar-refractivity contribution in [1.29, 1.82) is 0 Å². The number of aliphatic hydroxyl groups is 3. The van der Waals surface area contributed by atoms with Crippen LogP contribution in [0.25, 0.3) is 0 Å². The lowest BCUT2D eigenvalue weighted by Crippen LogP contribution is -2.39. The van der Waals surface area contributed by atoms with E-state index in [1.54, 1.807) is 0 Å². The van der Waals surface area contributed by atoms with Gasteiger partial charge < -0.3 is 24.8 Å². The van der Waals surface area contributed by atoms with Crippen molar-refractivity contribution in [2.24, 2.45) is 5.92 Å². The van der Waals surface area contributed by atoms with Crippen LogP contribution in [0.5, 0.6) is 0 Å². The molecule has 1 fully saturated rings. The maximum Gasteiger partial charge on any atom is 0.330 e. The molecule has 1 aromatic heterocycles. The molecule has 0 saturated carbocycles. The molecule has 0 spiro atoms. The van der Waals surface area contributed by atoms with Gasteiger partial charge in [0, 0.05) is 6.20 Å². The number of rotatable bonds is 7. The zero-order valence-corrected chi connectivity index (χ0v) is 16.3. The lowest BCUT2D eigenvalue weighted by molar-refractivity contribution is -0.0555. The van der Waals surface area contributed by atoms with E-state index in [2.05, 4.69) is 4.98 Å². The van der Waals surface area contributed by atoms with E-state index in [-0.39, 0.29) is 24.2 Å². The van der Waals surface area contributed by atoms with E-state index in [1.807, 2.05) is 44.2 Å². The normalized spacial score (nSPS) is 25.4. The molecule has 0 bridgehead atoms. The number of H-pyrrole nitrogens is 1. The van der Waals surface area contributed by atoms with Crippen molar-refractivity contribution in [1.82, 2.24) is 9.55 Å². The van der Waals surface area contributed by atoms with Crippen molar-refractivity contribution in [3.63, 3.8) is 0 Å². The highest BCUT2D eigenvalue weighted by Gasteiger charge is 2.43. The summed E-state index contributed by atoms with van der Waals surface area (Å²) >= 11 is 0. The highest BCUT2D eigenvalue weighted by atomic mass is 16.6. The van der Waals surface area contributed by atoms with Crippen LogP contribution in [0.3, 0.4) is 0 Å². The van der Waals surface area contributed by atoms with Gasteiger partial charge in [-0.15, -0.1) is 0 Å². The van der Waals surface area contributed by atoms with Crippen LogP contribution in [-0.4, -0.2) is 49.8 Å². The van der Waals surface area contributed by atoms with Gasteiger partial charge >= 0.3 is 5.69 Å². The molecule has 0 radical (unpaired) electrons. The number of ether oxygens (including phenoxy) is 2. The standard InChI is InChI=1S/C20H26N2O7/c1-11(2)17(12-6-4-3-5-7-12)28-10-13-8-22(20(27)21-18(13)26)19-16(25)15(24)14(9-23)29-19/h3-8,11,14-17,19,23-25H,9-10H2,1-2H3,(H,21,26,27)/t14-,15-,16-,17?,19-/m1/s1. The molecule has 29 heavy (non-hydrogen) atoms. The fraction of sp³-hybridized carbons (Fsp3) is 0.500. The summed E-state index contributed by atoms with van der Waals surface area (Å²) in [6.45, 7) is 3.42. The number of nitrogens with zero attached hydrogens (tertiary/aromatic N) is 1. The fourth-order valence-corrected chi connectivity index (χ4v) is 3.42. The monoisotopic (exact) mass is 406 g/mol. The summed E-state index contributed by atoms with van der Waals surface area (Å²) in [5.74, 6) is 0.142. The Hall–Kier alpha value is -2.30. The van der Waals surface area contributed by atoms with E-state index in [9.17, 15) is 24.9 Å². The molecule has 2 heterocycles. The van der Waals surface area contributed by atoms with Crippen molar-refractivity contribution in [2.75, 3.05) is 6.61 Å². The lowest BCUT2D eigenvalue weighted by atomic mass is 9.99. The molecule has 1 saturated heterocycles. The van der Waals surface area contributed by atoms with Crippen LogP contribution in [0.2, 0.25) is 0 Å². The second-order valence-corrected chi connectivity index (χ2v) is 7.44. The number of aromatic amines is 1. The molecule has 5 atom stereocenters. The quantitative estimate of drug-likeness (QED) is 0.511. The first kappa shape index (κ1) is 21.4. The Morgan fingerprint density at radius 2 is 1.86 bits per heavy atom. The average Bonchev–Trinajstić information content (AvgIpc) is 2.98. The minimum atomic E-state index is -1.43. The van der Waals surface area contributed by atoms with Gasteiger partial charge in [-0.1, -0.05) is 44.2 Å². The molecule has 1 aliphatic heterocycles. The third-order valence-electron chi connectivity index (χ3n) is 4.98. The summed E-state index contributed by atoms with van der Waals surface area (Å²) in [7, 11) is 0. The smallest absolute Gasteiger partial charge is 0.330 e. The summed E-state index contributed by atoms with van der Waals surface area (Å²) in [4.78, 5) is 26.7. The Morgan fingerprint density at radius 1 is 1.17 bits per heavy atom. The first-order valence-corrected chi connectivity index (χ1v) is 9.46. The third-order valence-corrected chi connectivity index (χ3v) is 4.98. The molecule has 1 aliphatic rings. The van der Waals surface area contributed by atoms with Crippen molar-refractivity contribution in [3.05, 3.63) is 68.5 Å². The number of hydrogen-bond acceptors (Lipinski definition) is 7. The topological polar surface area (TPSA) is 134 Å². The number of nitrogens with one attached hydrogen (secondary N) is 1. The van der Waals surface area contributed by atoms with E-state index in [1.165, 1.54) is 6.20 Å². The Balaban J connectivity index is 1.85. The van der Waals surface area contributed by atoms with Gasteiger partial charge in [0.15, 0.2) is 6.23 Å². The van der Waals surface area contributed by atoms with Gasteiger partial charge in [0.2, 0.25) is 0 Å². The largest absolute Gasteiger partial charge is 0.394 e. The Bertz CT molecular complexity index is 924. The number of aliphatic hydroxyl groups excluding tert-OH is 3. The Morgan fingerprint density at radius 3 is 2.45 bits per heavy atom. The highest BCUT2D eigenvalue weighted by molar-refractivity contribution is 5.18. The van der Waals surface area contributed by atoms with Crippen molar-refractivity contribution < 1.29 is 24.8 Å². The number of hydrogen-bond donors (Lipinski definition) is 4. The summed E-state index contributed by atoms with van der Waals surface area (Å²) in [6.07, 6.45) is -4.06. The zero-order chi connectivity index (χ0) is 21.1. The number of benzene rings is 1. The van der Waals surface area contributed by atoms with Gasteiger partial charge in [-0.2, -0.15) is 0 Å². The third kappa shape index (κ3) is 4.49. The van der Waals surface area contributed by atoms with E-state index in [4.69, 9.17) is 9.47 Å². The molecule has 0 aliphatic carbocycles. The van der Waals surface area contributed by atoms with E-state index >= 15 is 0 Å². The van der Waals surface area contributed by atoms with Gasteiger partial charge in [0.05, 0.1) is 24.9 Å². The van der Waals surface area contributed by atoms with Gasteiger partial charge in [-0.05, 0) is 11.5 Å². The van der Waals surface area contributed by atoms with Crippen LogP contribution in [0.4, 0.5) is 0 Å². The summed E-state index contributed by atoms with van der Waals surface area (Å²) < 4.78 is 12.4. The molecule has 1 aromatic carbocycles. The fourth-order valence-electron chi connectivity index (χ4n) is 3.42. The first-order chi connectivity index (χ1) is 13.8. The van der Waals surface area contributed by atoms with E-state index in [0.717, 1.165) is 10.1 Å². The molecular formula is C20H26N2O7. The van der Waals surface area contributed by atoms with Crippen LogP contribution in [0.15, 0.2) is 46.1 Å². The van der Waals surface area contributed by atoms with Crippen LogP contribution in [-0.2, 0) is 16.1 Å². The minimum Gasteiger partial charge on any atom is -0.394 e. The lowest BCUT2D eigenvalue weighted by Gasteiger charge is -2.22. The van der Waals surface area contributed by atoms with E-state index in [0.29, 0.717) is 0 Å². The summed E-state index contributed by atoms with van der Waals surface area (Å²) in [6, 6.07) is 9.60. The molecule has 9 heteroatoms. The van der Waals surface area contributed by atoms with Crippen molar-refractivity contribution in [3.8, 4) is 0 Å². The molecule has 1 unspecified atom stereocenters. The van der Waals surface area contributed by atoms with Gasteiger partial charge in [-0.3, -0.25) is 14.3 Å². The second-order valence-electron chi connectivity index (χ2n) is 7.44. The highest BCUT2D eigenvalue weighted by Crippen LogP contribution is 2.29. The molecule has 158 valence electrons. The van der Waals surface area contributed by atoms with Crippen LogP contribution in [0.1, 0.15) is 37.3 Å². The maximum atomic E-state index is 12.3. The van der Waals surface area contributed by atoms with Crippen LogP contribution >= 0.6 is 0 Å². The Labute approximate surface area is 167 Å². The van der Waals surface area contributed by atoms with Crippen LogP contribution in [0, 0.1) is 5.92 Å². The molecular weight excluding hydrogens is 380 g/mol. The zero-order valence-electron chi connectivity index (χ0n) is 16.3. The first-order valence-electron chi connectivity index (χ1n) is 9.46. The van der Waals surface area contributed by atoms with Gasteiger partial charge in [-0.25, -0.2) is 4.79 Å². The Kier molecular flexibility index (Phi) is 6.66. The molecule has 4 N–H and O–H groups in total. The molecule has 2 aromatic rings. The predicted octanol–water partition coefficient (Wildman–Crippen LogP) is 0.0620. The predicted molar refractivity (Wildman–Crippen MR) is 103 cm³/mol. The minimum absolute atomic E-state index is 0.0673. The second kappa shape index (κ2) is 9.02.